The van der Waals surface area contributed by atoms with E-state index >= 15 is 0 Å². The summed E-state index contributed by atoms with van der Waals surface area (Å²) in [5.74, 6) is 0.101. The second kappa shape index (κ2) is 6.04. The summed E-state index contributed by atoms with van der Waals surface area (Å²) in [5, 5.41) is 9.70. The minimum atomic E-state index is -0.626. The van der Waals surface area contributed by atoms with Gasteiger partial charge in [0.25, 0.3) is 0 Å². The van der Waals surface area contributed by atoms with Crippen LogP contribution in [0.1, 0.15) is 24.2 Å². The molecule has 2 nitrogen and oxygen atoms in total. The molecular weight excluding hydrogens is 267 g/mol. The van der Waals surface area contributed by atoms with E-state index in [1.807, 2.05) is 12.1 Å². The zero-order valence-corrected chi connectivity index (χ0v) is 11.2. The normalized spacial score (nSPS) is 12.2. The first-order chi connectivity index (χ1) is 9.09. The average molecular weight is 281 g/mol. The molecule has 0 radical (unpaired) electrons. The van der Waals surface area contributed by atoms with Gasteiger partial charge in [0.05, 0.1) is 11.1 Å². The molecular formula is C15H14ClFO2. The van der Waals surface area contributed by atoms with Crippen LogP contribution in [0, 0.1) is 5.82 Å². The topological polar surface area (TPSA) is 29.5 Å². The summed E-state index contributed by atoms with van der Waals surface area (Å²) in [7, 11) is 0. The Morgan fingerprint density at radius 1 is 1.21 bits per heavy atom. The van der Waals surface area contributed by atoms with Crippen LogP contribution in [-0.4, -0.2) is 5.11 Å². The minimum absolute atomic E-state index is 0.0667. The van der Waals surface area contributed by atoms with Crippen molar-refractivity contribution in [1.29, 1.82) is 0 Å². The molecule has 0 amide bonds. The zero-order chi connectivity index (χ0) is 13.8. The SMILES string of the molecule is C[C@H](O)c1ccccc1OCc1cccc(F)c1Cl. The van der Waals surface area contributed by atoms with Crippen LogP contribution in [0.5, 0.6) is 5.75 Å². The van der Waals surface area contributed by atoms with Gasteiger partial charge in [0.2, 0.25) is 0 Å². The van der Waals surface area contributed by atoms with Crippen molar-refractivity contribution in [3.63, 3.8) is 0 Å². The fourth-order valence-corrected chi connectivity index (χ4v) is 1.95. The molecule has 0 spiro atoms. The largest absolute Gasteiger partial charge is 0.488 e. The maximum absolute atomic E-state index is 13.3. The molecule has 4 heteroatoms. The van der Waals surface area contributed by atoms with Gasteiger partial charge in [-0.15, -0.1) is 0 Å². The van der Waals surface area contributed by atoms with Crippen molar-refractivity contribution in [1.82, 2.24) is 0 Å². The summed E-state index contributed by atoms with van der Waals surface area (Å²) >= 11 is 5.86. The molecule has 2 aromatic rings. The summed E-state index contributed by atoms with van der Waals surface area (Å²) < 4.78 is 18.9. The van der Waals surface area contributed by atoms with Crippen LogP contribution in [0.3, 0.4) is 0 Å². The van der Waals surface area contributed by atoms with Gasteiger partial charge >= 0.3 is 0 Å². The van der Waals surface area contributed by atoms with Crippen molar-refractivity contribution in [2.24, 2.45) is 0 Å². The van der Waals surface area contributed by atoms with E-state index in [0.717, 1.165) is 0 Å². The van der Waals surface area contributed by atoms with E-state index in [-0.39, 0.29) is 11.6 Å². The Kier molecular flexibility index (Phi) is 4.40. The Bertz CT molecular complexity index is 570. The Hall–Kier alpha value is -1.58. The third kappa shape index (κ3) is 3.25. The maximum Gasteiger partial charge on any atom is 0.142 e. The molecule has 0 heterocycles. The molecule has 0 saturated heterocycles. The van der Waals surface area contributed by atoms with E-state index in [2.05, 4.69) is 0 Å². The Labute approximate surface area is 116 Å². The predicted octanol–water partition coefficient (Wildman–Crippen LogP) is 4.11. The maximum atomic E-state index is 13.3. The van der Waals surface area contributed by atoms with Crippen LogP contribution in [-0.2, 0) is 6.61 Å². The number of ether oxygens (including phenoxy) is 1. The lowest BCUT2D eigenvalue weighted by Crippen LogP contribution is -2.01. The lowest BCUT2D eigenvalue weighted by molar-refractivity contribution is 0.190. The van der Waals surface area contributed by atoms with Gasteiger partial charge in [-0.05, 0) is 19.1 Å². The molecule has 0 aromatic heterocycles. The molecule has 0 aliphatic rings. The Balaban J connectivity index is 2.17. The van der Waals surface area contributed by atoms with Gasteiger partial charge < -0.3 is 9.84 Å². The lowest BCUT2D eigenvalue weighted by Gasteiger charge is -2.13. The second-order valence-corrected chi connectivity index (χ2v) is 4.59. The van der Waals surface area contributed by atoms with Crippen molar-refractivity contribution in [2.45, 2.75) is 19.6 Å². The third-order valence-corrected chi connectivity index (χ3v) is 3.21. The number of para-hydroxylation sites is 1. The summed E-state index contributed by atoms with van der Waals surface area (Å²) in [6, 6.07) is 11.8. The average Bonchev–Trinajstić information content (AvgIpc) is 2.40. The van der Waals surface area contributed by atoms with Crippen LogP contribution in [0.2, 0.25) is 5.02 Å². The zero-order valence-electron chi connectivity index (χ0n) is 10.4. The van der Waals surface area contributed by atoms with E-state index in [4.69, 9.17) is 16.3 Å². The van der Waals surface area contributed by atoms with Crippen molar-refractivity contribution in [2.75, 3.05) is 0 Å². The first-order valence-corrected chi connectivity index (χ1v) is 6.30. The summed E-state index contributed by atoms with van der Waals surface area (Å²) in [4.78, 5) is 0. The monoisotopic (exact) mass is 280 g/mol. The fraction of sp³-hybridized carbons (Fsp3) is 0.200. The summed E-state index contributed by atoms with van der Waals surface area (Å²) in [6.45, 7) is 1.82. The molecule has 1 N–H and O–H groups in total. The highest BCUT2D eigenvalue weighted by Crippen LogP contribution is 2.27. The highest BCUT2D eigenvalue weighted by Gasteiger charge is 2.10. The third-order valence-electron chi connectivity index (χ3n) is 2.78. The van der Waals surface area contributed by atoms with Crippen LogP contribution in [0.4, 0.5) is 4.39 Å². The molecule has 0 unspecified atom stereocenters. The number of halogens is 2. The standard InChI is InChI=1S/C15H14ClFO2/c1-10(18)12-6-2-3-8-14(12)19-9-11-5-4-7-13(17)15(11)16/h2-8,10,18H,9H2,1H3/t10-/m0/s1. The van der Waals surface area contributed by atoms with E-state index in [1.54, 1.807) is 31.2 Å². The highest BCUT2D eigenvalue weighted by molar-refractivity contribution is 6.31. The number of hydrogen-bond donors (Lipinski definition) is 1. The minimum Gasteiger partial charge on any atom is -0.488 e. The van der Waals surface area contributed by atoms with Crippen LogP contribution in [0.25, 0.3) is 0 Å². The van der Waals surface area contributed by atoms with Gasteiger partial charge in [0.1, 0.15) is 18.2 Å². The molecule has 0 aliphatic heterocycles. The molecule has 19 heavy (non-hydrogen) atoms. The quantitative estimate of drug-likeness (QED) is 0.913. The second-order valence-electron chi connectivity index (χ2n) is 4.22. The van der Waals surface area contributed by atoms with Crippen LogP contribution in [0.15, 0.2) is 42.5 Å². The Morgan fingerprint density at radius 3 is 2.68 bits per heavy atom. The lowest BCUT2D eigenvalue weighted by atomic mass is 10.1. The van der Waals surface area contributed by atoms with Crippen molar-refractivity contribution in [3.05, 3.63) is 64.4 Å². The van der Waals surface area contributed by atoms with Gasteiger partial charge in [-0.25, -0.2) is 4.39 Å². The number of benzene rings is 2. The van der Waals surface area contributed by atoms with E-state index in [0.29, 0.717) is 16.9 Å². The molecule has 0 bridgehead atoms. The smallest absolute Gasteiger partial charge is 0.142 e. The van der Waals surface area contributed by atoms with E-state index < -0.39 is 11.9 Å². The van der Waals surface area contributed by atoms with Crippen molar-refractivity contribution in [3.8, 4) is 5.75 Å². The van der Waals surface area contributed by atoms with Gasteiger partial charge in [-0.2, -0.15) is 0 Å². The van der Waals surface area contributed by atoms with Crippen LogP contribution >= 0.6 is 11.6 Å². The first-order valence-electron chi connectivity index (χ1n) is 5.92. The molecule has 1 atom stereocenters. The van der Waals surface area contributed by atoms with Crippen molar-refractivity contribution < 1.29 is 14.2 Å². The van der Waals surface area contributed by atoms with Gasteiger partial charge in [-0.3, -0.25) is 0 Å². The number of aliphatic hydroxyl groups is 1. The van der Waals surface area contributed by atoms with Crippen molar-refractivity contribution >= 4 is 11.6 Å². The number of rotatable bonds is 4. The van der Waals surface area contributed by atoms with E-state index in [1.165, 1.54) is 6.07 Å². The number of hydrogen-bond acceptors (Lipinski definition) is 2. The number of aliphatic hydroxyl groups excluding tert-OH is 1. The molecule has 0 saturated carbocycles. The highest BCUT2D eigenvalue weighted by atomic mass is 35.5. The van der Waals surface area contributed by atoms with E-state index in [9.17, 15) is 9.50 Å². The molecule has 0 aliphatic carbocycles. The summed E-state index contributed by atoms with van der Waals surface area (Å²) in [6.07, 6.45) is -0.626. The fourth-order valence-electron chi connectivity index (χ4n) is 1.77. The molecule has 2 aromatic carbocycles. The Morgan fingerprint density at radius 2 is 1.95 bits per heavy atom. The predicted molar refractivity (Wildman–Crippen MR) is 72.8 cm³/mol. The first kappa shape index (κ1) is 13.8. The molecule has 2 rings (SSSR count). The van der Waals surface area contributed by atoms with Crippen LogP contribution < -0.4 is 4.74 Å². The van der Waals surface area contributed by atoms with Gasteiger partial charge in [0, 0.05) is 11.1 Å². The molecule has 100 valence electrons. The summed E-state index contributed by atoms with van der Waals surface area (Å²) in [5.41, 5.74) is 1.26. The van der Waals surface area contributed by atoms with Gasteiger partial charge in [0.15, 0.2) is 0 Å². The van der Waals surface area contributed by atoms with Gasteiger partial charge in [-0.1, -0.05) is 41.9 Å². The molecule has 0 fully saturated rings.